The van der Waals surface area contributed by atoms with Gasteiger partial charge in [0.2, 0.25) is 0 Å². The predicted octanol–water partition coefficient (Wildman–Crippen LogP) is 2.64. The highest BCUT2D eigenvalue weighted by molar-refractivity contribution is 5.19. The molecule has 20 heavy (non-hydrogen) atoms. The van der Waals surface area contributed by atoms with E-state index in [2.05, 4.69) is 5.32 Å². The number of hydrogen-bond acceptors (Lipinski definition) is 3. The van der Waals surface area contributed by atoms with Crippen LogP contribution in [-0.2, 0) is 16.0 Å². The molecular formula is C14H20F3NO2. The second-order valence-electron chi connectivity index (χ2n) is 4.36. The molecule has 1 aromatic rings. The topological polar surface area (TPSA) is 30.5 Å². The number of unbranched alkanes of at least 4 members (excludes halogenated alkanes) is 1. The van der Waals surface area contributed by atoms with E-state index in [0.29, 0.717) is 38.5 Å². The quantitative estimate of drug-likeness (QED) is 0.531. The summed E-state index contributed by atoms with van der Waals surface area (Å²) in [5.74, 6) is -3.75. The van der Waals surface area contributed by atoms with E-state index in [-0.39, 0.29) is 0 Å². The van der Waals surface area contributed by atoms with Crippen molar-refractivity contribution in [3.63, 3.8) is 0 Å². The number of nitrogens with one attached hydrogen (secondary N) is 1. The molecule has 0 atom stereocenters. The Hall–Kier alpha value is -1.11. The molecule has 114 valence electrons. The van der Waals surface area contributed by atoms with Gasteiger partial charge in [-0.15, -0.1) is 0 Å². The molecule has 0 saturated heterocycles. The largest absolute Gasteiger partial charge is 0.382 e. The summed E-state index contributed by atoms with van der Waals surface area (Å²) in [5, 5.41) is 3.04. The molecule has 0 aliphatic carbocycles. The van der Waals surface area contributed by atoms with Crippen molar-refractivity contribution < 1.29 is 22.6 Å². The van der Waals surface area contributed by atoms with Crippen LogP contribution in [0.15, 0.2) is 12.1 Å². The zero-order valence-corrected chi connectivity index (χ0v) is 11.6. The first kappa shape index (κ1) is 16.9. The highest BCUT2D eigenvalue weighted by Crippen LogP contribution is 2.13. The van der Waals surface area contributed by atoms with Crippen LogP contribution in [0.4, 0.5) is 13.2 Å². The smallest absolute Gasteiger partial charge is 0.194 e. The Bertz CT molecular complexity index is 379. The van der Waals surface area contributed by atoms with Crippen LogP contribution < -0.4 is 5.32 Å². The van der Waals surface area contributed by atoms with Gasteiger partial charge in [0.15, 0.2) is 17.5 Å². The van der Waals surface area contributed by atoms with Crippen LogP contribution in [0.2, 0.25) is 0 Å². The van der Waals surface area contributed by atoms with Crippen molar-refractivity contribution in [2.45, 2.75) is 19.4 Å². The lowest BCUT2D eigenvalue weighted by molar-refractivity contribution is 0.0688. The third kappa shape index (κ3) is 6.36. The van der Waals surface area contributed by atoms with Crippen LogP contribution in [0, 0.1) is 17.5 Å². The average Bonchev–Trinajstić information content (AvgIpc) is 2.43. The van der Waals surface area contributed by atoms with Gasteiger partial charge in [-0.1, -0.05) is 0 Å². The normalized spacial score (nSPS) is 11.0. The standard InChI is InChI=1S/C14H20F3NO2/c1-19-6-7-20-5-3-2-4-18-10-11-8-12(15)14(17)13(16)9-11/h8-9,18H,2-7,10H2,1H3. The summed E-state index contributed by atoms with van der Waals surface area (Å²) >= 11 is 0. The van der Waals surface area contributed by atoms with E-state index in [4.69, 9.17) is 9.47 Å². The van der Waals surface area contributed by atoms with Gasteiger partial charge in [0.05, 0.1) is 13.2 Å². The maximum Gasteiger partial charge on any atom is 0.194 e. The first-order valence-corrected chi connectivity index (χ1v) is 6.56. The van der Waals surface area contributed by atoms with Crippen molar-refractivity contribution in [1.82, 2.24) is 5.32 Å². The highest BCUT2D eigenvalue weighted by Gasteiger charge is 2.09. The molecule has 0 radical (unpaired) electrons. The van der Waals surface area contributed by atoms with E-state index in [0.717, 1.165) is 25.0 Å². The molecule has 0 unspecified atom stereocenters. The molecule has 3 nitrogen and oxygen atoms in total. The van der Waals surface area contributed by atoms with Gasteiger partial charge in [0.1, 0.15) is 0 Å². The van der Waals surface area contributed by atoms with E-state index >= 15 is 0 Å². The molecule has 0 aliphatic heterocycles. The minimum absolute atomic E-state index is 0.304. The van der Waals surface area contributed by atoms with E-state index in [1.807, 2.05) is 0 Å². The molecule has 0 aromatic heterocycles. The monoisotopic (exact) mass is 291 g/mol. The van der Waals surface area contributed by atoms with Crippen molar-refractivity contribution in [2.24, 2.45) is 0 Å². The third-order valence-corrected chi connectivity index (χ3v) is 2.70. The van der Waals surface area contributed by atoms with Crippen molar-refractivity contribution in [3.8, 4) is 0 Å². The lowest BCUT2D eigenvalue weighted by Crippen LogP contribution is -2.16. The van der Waals surface area contributed by atoms with Crippen LogP contribution in [-0.4, -0.2) is 33.5 Å². The minimum Gasteiger partial charge on any atom is -0.382 e. The number of hydrogen-bond donors (Lipinski definition) is 1. The fourth-order valence-corrected chi connectivity index (χ4v) is 1.64. The lowest BCUT2D eigenvalue weighted by atomic mass is 10.2. The van der Waals surface area contributed by atoms with Gasteiger partial charge in [0.25, 0.3) is 0 Å². The molecule has 0 spiro atoms. The second-order valence-corrected chi connectivity index (χ2v) is 4.36. The number of halogens is 3. The Morgan fingerprint density at radius 1 is 1.00 bits per heavy atom. The van der Waals surface area contributed by atoms with Crippen LogP contribution >= 0.6 is 0 Å². The Morgan fingerprint density at radius 2 is 1.70 bits per heavy atom. The Balaban J connectivity index is 2.10. The van der Waals surface area contributed by atoms with E-state index < -0.39 is 17.5 Å². The molecule has 0 saturated carbocycles. The molecule has 1 N–H and O–H groups in total. The zero-order chi connectivity index (χ0) is 14.8. The van der Waals surface area contributed by atoms with Crippen LogP contribution in [0.5, 0.6) is 0 Å². The molecule has 0 aliphatic rings. The molecule has 1 rings (SSSR count). The van der Waals surface area contributed by atoms with Gasteiger partial charge < -0.3 is 14.8 Å². The van der Waals surface area contributed by atoms with Gasteiger partial charge >= 0.3 is 0 Å². The van der Waals surface area contributed by atoms with Crippen LogP contribution in [0.3, 0.4) is 0 Å². The van der Waals surface area contributed by atoms with E-state index in [9.17, 15) is 13.2 Å². The van der Waals surface area contributed by atoms with Crippen LogP contribution in [0.1, 0.15) is 18.4 Å². The maximum absolute atomic E-state index is 12.9. The van der Waals surface area contributed by atoms with Gasteiger partial charge in [-0.2, -0.15) is 0 Å². The SMILES string of the molecule is COCCOCCCCNCc1cc(F)c(F)c(F)c1. The Labute approximate surface area is 117 Å². The third-order valence-electron chi connectivity index (χ3n) is 2.70. The maximum atomic E-state index is 12.9. The minimum atomic E-state index is -1.43. The molecule has 0 bridgehead atoms. The highest BCUT2D eigenvalue weighted by atomic mass is 19.2. The summed E-state index contributed by atoms with van der Waals surface area (Å²) in [4.78, 5) is 0. The molecule has 6 heteroatoms. The predicted molar refractivity (Wildman–Crippen MR) is 70.0 cm³/mol. The van der Waals surface area contributed by atoms with Gasteiger partial charge in [0, 0.05) is 20.3 Å². The first-order valence-electron chi connectivity index (χ1n) is 6.56. The number of benzene rings is 1. The summed E-state index contributed by atoms with van der Waals surface area (Å²) in [6.45, 7) is 2.83. The number of rotatable bonds is 10. The van der Waals surface area contributed by atoms with E-state index in [1.165, 1.54) is 0 Å². The number of ether oxygens (including phenoxy) is 2. The Morgan fingerprint density at radius 3 is 2.35 bits per heavy atom. The summed E-state index contributed by atoms with van der Waals surface area (Å²) in [7, 11) is 1.62. The Kier molecular flexibility index (Phi) is 8.25. The summed E-state index contributed by atoms with van der Waals surface area (Å²) in [5.41, 5.74) is 0.387. The van der Waals surface area contributed by atoms with Crippen molar-refractivity contribution >= 4 is 0 Å². The molecule has 0 heterocycles. The van der Waals surface area contributed by atoms with Crippen molar-refractivity contribution in [1.29, 1.82) is 0 Å². The van der Waals surface area contributed by atoms with Crippen molar-refractivity contribution in [3.05, 3.63) is 35.1 Å². The molecule has 1 aromatic carbocycles. The summed E-state index contributed by atoms with van der Waals surface area (Å²) in [6.07, 6.45) is 1.78. The lowest BCUT2D eigenvalue weighted by Gasteiger charge is -2.06. The zero-order valence-electron chi connectivity index (χ0n) is 11.6. The van der Waals surface area contributed by atoms with E-state index in [1.54, 1.807) is 7.11 Å². The fourth-order valence-electron chi connectivity index (χ4n) is 1.64. The van der Waals surface area contributed by atoms with Crippen molar-refractivity contribution in [2.75, 3.05) is 33.5 Å². The second kappa shape index (κ2) is 9.74. The number of methoxy groups -OCH3 is 1. The van der Waals surface area contributed by atoms with Gasteiger partial charge in [-0.25, -0.2) is 13.2 Å². The molecule has 0 fully saturated rings. The fraction of sp³-hybridized carbons (Fsp3) is 0.571. The summed E-state index contributed by atoms with van der Waals surface area (Å²) < 4.78 is 48.8. The average molecular weight is 291 g/mol. The van der Waals surface area contributed by atoms with Gasteiger partial charge in [-0.3, -0.25) is 0 Å². The molecule has 0 amide bonds. The van der Waals surface area contributed by atoms with Gasteiger partial charge in [-0.05, 0) is 37.1 Å². The van der Waals surface area contributed by atoms with Crippen LogP contribution in [0.25, 0.3) is 0 Å². The summed E-state index contributed by atoms with van der Waals surface area (Å²) in [6, 6.07) is 2.00. The first-order chi connectivity index (χ1) is 9.65. The molecular weight excluding hydrogens is 271 g/mol.